The molecule has 0 bridgehead atoms. The molecule has 1 aliphatic rings. The number of nitrogens with one attached hydrogen (secondary N) is 1. The number of benzene rings is 1. The monoisotopic (exact) mass is 356 g/mol. The van der Waals surface area contributed by atoms with Crippen molar-refractivity contribution in [2.75, 3.05) is 27.2 Å². The first kappa shape index (κ1) is 18.7. The summed E-state index contributed by atoms with van der Waals surface area (Å²) in [4.78, 5) is 11.6. The number of carbonyl (C=O) groups is 1. The van der Waals surface area contributed by atoms with Crippen molar-refractivity contribution < 1.29 is 23.1 Å². The van der Waals surface area contributed by atoms with Gasteiger partial charge in [-0.05, 0) is 43.5 Å². The van der Waals surface area contributed by atoms with E-state index in [0.29, 0.717) is 25.1 Å². The number of aliphatic hydroxyl groups is 1. The maximum Gasteiger partial charge on any atom is 0.243 e. The van der Waals surface area contributed by atoms with Gasteiger partial charge in [0.25, 0.3) is 0 Å². The van der Waals surface area contributed by atoms with E-state index in [9.17, 15) is 18.3 Å². The number of piperidine rings is 1. The summed E-state index contributed by atoms with van der Waals surface area (Å²) in [6, 6.07) is 6.17. The lowest BCUT2D eigenvalue weighted by Crippen LogP contribution is -2.50. The van der Waals surface area contributed by atoms with Gasteiger partial charge in [-0.25, -0.2) is 8.42 Å². The summed E-state index contributed by atoms with van der Waals surface area (Å²) < 4.78 is 31.9. The topological polar surface area (TPSA) is 95.9 Å². The van der Waals surface area contributed by atoms with E-state index in [4.69, 9.17) is 4.74 Å². The highest BCUT2D eigenvalue weighted by Crippen LogP contribution is 2.30. The van der Waals surface area contributed by atoms with E-state index in [1.165, 1.54) is 30.6 Å². The van der Waals surface area contributed by atoms with Crippen LogP contribution in [0.3, 0.4) is 0 Å². The molecule has 2 rings (SSSR count). The molecule has 1 aromatic rings. The molecule has 134 valence electrons. The third-order valence-electron chi connectivity index (χ3n) is 4.31. The SMILES string of the molecule is CNC(=O)CC[C@]1(O)CCCN(S(=O)(=O)c2ccc(OC)cc2)C1. The molecule has 1 aromatic carbocycles. The molecule has 1 atom stereocenters. The molecule has 1 heterocycles. The average molecular weight is 356 g/mol. The lowest BCUT2D eigenvalue weighted by atomic mass is 9.89. The second kappa shape index (κ2) is 7.50. The Morgan fingerprint density at radius 3 is 2.62 bits per heavy atom. The van der Waals surface area contributed by atoms with Crippen molar-refractivity contribution in [2.24, 2.45) is 0 Å². The van der Waals surface area contributed by atoms with Gasteiger partial charge < -0.3 is 15.2 Å². The number of methoxy groups -OCH3 is 1. The van der Waals surface area contributed by atoms with E-state index in [2.05, 4.69) is 5.32 Å². The molecule has 1 fully saturated rings. The van der Waals surface area contributed by atoms with Crippen molar-refractivity contribution >= 4 is 15.9 Å². The third-order valence-corrected chi connectivity index (χ3v) is 6.17. The van der Waals surface area contributed by atoms with Gasteiger partial charge in [-0.2, -0.15) is 4.31 Å². The molecule has 0 radical (unpaired) electrons. The van der Waals surface area contributed by atoms with Crippen LogP contribution in [-0.2, 0) is 14.8 Å². The third kappa shape index (κ3) is 4.25. The van der Waals surface area contributed by atoms with Gasteiger partial charge in [0.2, 0.25) is 15.9 Å². The van der Waals surface area contributed by atoms with E-state index in [-0.39, 0.29) is 30.2 Å². The summed E-state index contributed by atoms with van der Waals surface area (Å²) in [5, 5.41) is 13.2. The van der Waals surface area contributed by atoms with Crippen LogP contribution in [-0.4, -0.2) is 56.6 Å². The molecule has 0 aliphatic carbocycles. The molecule has 0 saturated carbocycles. The normalized spacial score (nSPS) is 22.1. The predicted molar refractivity (Wildman–Crippen MR) is 89.2 cm³/mol. The molecular formula is C16H24N2O5S. The zero-order valence-corrected chi connectivity index (χ0v) is 14.8. The van der Waals surface area contributed by atoms with Crippen molar-refractivity contribution in [3.63, 3.8) is 0 Å². The number of rotatable bonds is 6. The van der Waals surface area contributed by atoms with Gasteiger partial charge in [-0.15, -0.1) is 0 Å². The summed E-state index contributed by atoms with van der Waals surface area (Å²) in [7, 11) is -0.635. The Bertz CT molecular complexity index is 674. The fraction of sp³-hybridized carbons (Fsp3) is 0.562. The molecule has 0 spiro atoms. The highest BCUT2D eigenvalue weighted by molar-refractivity contribution is 7.89. The fourth-order valence-electron chi connectivity index (χ4n) is 2.85. The van der Waals surface area contributed by atoms with Crippen molar-refractivity contribution in [1.82, 2.24) is 9.62 Å². The van der Waals surface area contributed by atoms with Gasteiger partial charge in [0.05, 0.1) is 17.6 Å². The lowest BCUT2D eigenvalue weighted by molar-refractivity contribution is -0.122. The molecule has 1 amide bonds. The predicted octanol–water partition coefficient (Wildman–Crippen LogP) is 0.737. The number of hydrogen-bond acceptors (Lipinski definition) is 5. The molecule has 1 aliphatic heterocycles. The summed E-state index contributed by atoms with van der Waals surface area (Å²) in [5.41, 5.74) is -1.18. The van der Waals surface area contributed by atoms with Crippen LogP contribution in [0.5, 0.6) is 5.75 Å². The number of β-amino-alcohol motifs (C(OH)–C–C–N with tert-alkyl or cyclic N) is 1. The molecule has 8 heteroatoms. The lowest BCUT2D eigenvalue weighted by Gasteiger charge is -2.38. The molecule has 0 unspecified atom stereocenters. The molecule has 2 N–H and O–H groups in total. The Morgan fingerprint density at radius 1 is 1.38 bits per heavy atom. The zero-order chi connectivity index (χ0) is 17.8. The fourth-order valence-corrected chi connectivity index (χ4v) is 4.41. The quantitative estimate of drug-likeness (QED) is 0.784. The first-order valence-electron chi connectivity index (χ1n) is 7.88. The molecule has 0 aromatic heterocycles. The number of ether oxygens (including phenoxy) is 1. The van der Waals surface area contributed by atoms with Crippen molar-refractivity contribution in [3.05, 3.63) is 24.3 Å². The minimum Gasteiger partial charge on any atom is -0.497 e. The first-order chi connectivity index (χ1) is 11.3. The summed E-state index contributed by atoms with van der Waals surface area (Å²) in [5.74, 6) is 0.410. The van der Waals surface area contributed by atoms with E-state index in [1.807, 2.05) is 0 Å². The molecular weight excluding hydrogens is 332 g/mol. The first-order valence-corrected chi connectivity index (χ1v) is 9.32. The number of hydrogen-bond donors (Lipinski definition) is 2. The van der Waals surface area contributed by atoms with Crippen molar-refractivity contribution in [3.8, 4) is 5.75 Å². The van der Waals surface area contributed by atoms with E-state index in [0.717, 1.165) is 0 Å². The Hall–Kier alpha value is -1.64. The summed E-state index contributed by atoms with van der Waals surface area (Å²) >= 11 is 0. The standard InChI is InChI=1S/C16H24N2O5S/c1-17-15(19)8-10-16(20)9-3-11-18(12-16)24(21,22)14-6-4-13(23-2)5-7-14/h4-7,20H,3,8-12H2,1-2H3,(H,17,19)/t16-/m1/s1. The molecule has 7 nitrogen and oxygen atoms in total. The van der Waals surface area contributed by atoms with E-state index < -0.39 is 15.6 Å². The Labute approximate surface area is 142 Å². The number of sulfonamides is 1. The summed E-state index contributed by atoms with van der Waals surface area (Å²) in [6.45, 7) is 0.356. The van der Waals surface area contributed by atoms with Gasteiger partial charge >= 0.3 is 0 Å². The maximum atomic E-state index is 12.8. The minimum absolute atomic E-state index is 0.00163. The highest BCUT2D eigenvalue weighted by atomic mass is 32.2. The largest absolute Gasteiger partial charge is 0.497 e. The maximum absolute atomic E-state index is 12.8. The number of carbonyl (C=O) groups excluding carboxylic acids is 1. The van der Waals surface area contributed by atoms with E-state index in [1.54, 1.807) is 12.1 Å². The summed E-state index contributed by atoms with van der Waals surface area (Å²) in [6.07, 6.45) is 1.45. The Balaban J connectivity index is 2.13. The van der Waals surface area contributed by atoms with Crippen LogP contribution in [0.1, 0.15) is 25.7 Å². The van der Waals surface area contributed by atoms with Gasteiger partial charge in [0.1, 0.15) is 5.75 Å². The van der Waals surface area contributed by atoms with Gasteiger partial charge in [-0.1, -0.05) is 0 Å². The molecule has 1 saturated heterocycles. The zero-order valence-electron chi connectivity index (χ0n) is 14.0. The number of amides is 1. The van der Waals surface area contributed by atoms with Crippen LogP contribution in [0, 0.1) is 0 Å². The van der Waals surface area contributed by atoms with Crippen LogP contribution >= 0.6 is 0 Å². The van der Waals surface area contributed by atoms with Crippen molar-refractivity contribution in [1.29, 1.82) is 0 Å². The Morgan fingerprint density at radius 2 is 2.04 bits per heavy atom. The van der Waals surface area contributed by atoms with Gasteiger partial charge in [0.15, 0.2) is 0 Å². The van der Waals surface area contributed by atoms with Crippen LogP contribution in [0.2, 0.25) is 0 Å². The highest BCUT2D eigenvalue weighted by Gasteiger charge is 2.38. The minimum atomic E-state index is -3.68. The second-order valence-electron chi connectivity index (χ2n) is 6.02. The van der Waals surface area contributed by atoms with Crippen LogP contribution in [0.25, 0.3) is 0 Å². The van der Waals surface area contributed by atoms with Crippen molar-refractivity contribution in [2.45, 2.75) is 36.2 Å². The van der Waals surface area contributed by atoms with Gasteiger partial charge in [0, 0.05) is 26.6 Å². The smallest absolute Gasteiger partial charge is 0.243 e. The Kier molecular flexibility index (Phi) is 5.84. The second-order valence-corrected chi connectivity index (χ2v) is 7.95. The van der Waals surface area contributed by atoms with Crippen LogP contribution in [0.4, 0.5) is 0 Å². The van der Waals surface area contributed by atoms with Crippen LogP contribution < -0.4 is 10.1 Å². The van der Waals surface area contributed by atoms with Crippen LogP contribution in [0.15, 0.2) is 29.2 Å². The number of nitrogens with zero attached hydrogens (tertiary/aromatic N) is 1. The average Bonchev–Trinajstić information content (AvgIpc) is 2.59. The van der Waals surface area contributed by atoms with Gasteiger partial charge in [-0.3, -0.25) is 4.79 Å². The van der Waals surface area contributed by atoms with E-state index >= 15 is 0 Å². The molecule has 24 heavy (non-hydrogen) atoms.